The minimum absolute atomic E-state index is 0.202. The van der Waals surface area contributed by atoms with Crippen molar-refractivity contribution in [3.8, 4) is 0 Å². The van der Waals surface area contributed by atoms with Crippen LogP contribution in [0.1, 0.15) is 18.4 Å². The molecule has 1 N–H and O–H groups in total. The van der Waals surface area contributed by atoms with Crippen molar-refractivity contribution in [3.05, 3.63) is 35.7 Å². The zero-order chi connectivity index (χ0) is 14.1. The van der Waals surface area contributed by atoms with Gasteiger partial charge in [0.2, 0.25) is 0 Å². The molecule has 2 unspecified atom stereocenters. The fourth-order valence-electron chi connectivity index (χ4n) is 2.93. The maximum absolute atomic E-state index is 14.0. The molecule has 0 saturated carbocycles. The smallest absolute Gasteiger partial charge is 0.328 e. The van der Waals surface area contributed by atoms with Crippen molar-refractivity contribution in [2.45, 2.75) is 25.0 Å². The van der Waals surface area contributed by atoms with Gasteiger partial charge in [0, 0.05) is 30.4 Å². The van der Waals surface area contributed by atoms with Crippen LogP contribution in [-0.2, 0) is 9.53 Å². The van der Waals surface area contributed by atoms with Crippen LogP contribution in [0.4, 0.5) is 10.1 Å². The molecule has 0 spiro atoms. The lowest BCUT2D eigenvalue weighted by Crippen LogP contribution is -2.43. The monoisotopic (exact) mass is 277 g/mol. The summed E-state index contributed by atoms with van der Waals surface area (Å²) in [5.74, 6) is -1.49. The highest BCUT2D eigenvalue weighted by molar-refractivity contribution is 5.87. The minimum atomic E-state index is -1.08. The average Bonchev–Trinajstić information content (AvgIpc) is 2.75. The van der Waals surface area contributed by atoms with Crippen LogP contribution in [0.15, 0.2) is 24.3 Å². The Labute approximate surface area is 116 Å². The summed E-state index contributed by atoms with van der Waals surface area (Å²) in [6.45, 7) is 1.46. The number of fused-ring (bicyclic) bond motifs is 2. The highest BCUT2D eigenvalue weighted by atomic mass is 19.1. The molecule has 1 aromatic rings. The van der Waals surface area contributed by atoms with Crippen molar-refractivity contribution in [2.24, 2.45) is 0 Å². The Balaban J connectivity index is 1.92. The highest BCUT2D eigenvalue weighted by Gasteiger charge is 2.34. The number of hydrogen-bond acceptors (Lipinski definition) is 3. The Morgan fingerprint density at radius 2 is 2.05 bits per heavy atom. The van der Waals surface area contributed by atoms with Crippen LogP contribution in [0.25, 0.3) is 6.08 Å². The van der Waals surface area contributed by atoms with Gasteiger partial charge in [-0.2, -0.15) is 0 Å². The lowest BCUT2D eigenvalue weighted by atomic mass is 10.1. The first kappa shape index (κ1) is 13.1. The van der Waals surface area contributed by atoms with Gasteiger partial charge in [0.15, 0.2) is 0 Å². The number of halogens is 1. The van der Waals surface area contributed by atoms with Crippen molar-refractivity contribution in [2.75, 3.05) is 18.0 Å². The lowest BCUT2D eigenvalue weighted by molar-refractivity contribution is -0.131. The summed E-state index contributed by atoms with van der Waals surface area (Å²) in [6, 6.07) is 4.83. The van der Waals surface area contributed by atoms with Crippen LogP contribution in [0, 0.1) is 5.82 Å². The maximum atomic E-state index is 14.0. The summed E-state index contributed by atoms with van der Waals surface area (Å²) in [5.41, 5.74) is 1.07. The number of aliphatic carboxylic acids is 1. The summed E-state index contributed by atoms with van der Waals surface area (Å²) in [6.07, 6.45) is 4.77. The normalized spacial score (nSPS) is 25.4. The lowest BCUT2D eigenvalue weighted by Gasteiger charge is -2.34. The second-order valence-electron chi connectivity index (χ2n) is 5.21. The molecule has 2 bridgehead atoms. The molecule has 2 aliphatic heterocycles. The second-order valence-corrected chi connectivity index (χ2v) is 5.21. The van der Waals surface area contributed by atoms with E-state index in [1.165, 1.54) is 12.1 Å². The molecule has 0 amide bonds. The molecular weight excluding hydrogens is 261 g/mol. The zero-order valence-electron chi connectivity index (χ0n) is 11.0. The number of benzene rings is 1. The van der Waals surface area contributed by atoms with Gasteiger partial charge in [0.1, 0.15) is 5.82 Å². The van der Waals surface area contributed by atoms with Crippen LogP contribution >= 0.6 is 0 Å². The average molecular weight is 277 g/mol. The van der Waals surface area contributed by atoms with E-state index in [0.717, 1.165) is 37.7 Å². The van der Waals surface area contributed by atoms with E-state index in [2.05, 4.69) is 4.90 Å². The number of carboxylic acid groups (broad SMARTS) is 1. The van der Waals surface area contributed by atoms with Crippen LogP contribution in [0.3, 0.4) is 0 Å². The SMILES string of the molecule is O=C(O)/C=C/c1c(F)cccc1N1CC2CCC(C1)O2. The first-order chi connectivity index (χ1) is 9.63. The predicted octanol–water partition coefficient (Wildman–Crippen LogP) is 2.29. The van der Waals surface area contributed by atoms with Gasteiger partial charge in [0.25, 0.3) is 0 Å². The Bertz CT molecular complexity index is 546. The van der Waals surface area contributed by atoms with Gasteiger partial charge >= 0.3 is 5.97 Å². The summed E-state index contributed by atoms with van der Waals surface area (Å²) in [7, 11) is 0. The van der Waals surface area contributed by atoms with E-state index in [-0.39, 0.29) is 12.2 Å². The fraction of sp³-hybridized carbons (Fsp3) is 0.400. The maximum Gasteiger partial charge on any atom is 0.328 e. The molecule has 2 fully saturated rings. The Morgan fingerprint density at radius 3 is 2.70 bits per heavy atom. The van der Waals surface area contributed by atoms with E-state index in [4.69, 9.17) is 9.84 Å². The second kappa shape index (κ2) is 5.25. The van der Waals surface area contributed by atoms with Crippen LogP contribution in [0.5, 0.6) is 0 Å². The van der Waals surface area contributed by atoms with Gasteiger partial charge in [-0.15, -0.1) is 0 Å². The van der Waals surface area contributed by atoms with Crippen LogP contribution < -0.4 is 4.90 Å². The molecule has 0 aliphatic carbocycles. The quantitative estimate of drug-likeness (QED) is 0.861. The third-order valence-electron chi connectivity index (χ3n) is 3.81. The molecule has 4 nitrogen and oxygen atoms in total. The predicted molar refractivity (Wildman–Crippen MR) is 73.2 cm³/mol. The molecule has 0 radical (unpaired) electrons. The van der Waals surface area contributed by atoms with E-state index >= 15 is 0 Å². The van der Waals surface area contributed by atoms with Crippen molar-refractivity contribution < 1.29 is 19.0 Å². The van der Waals surface area contributed by atoms with Crippen LogP contribution in [-0.4, -0.2) is 36.4 Å². The standard InChI is InChI=1S/C15H16FNO3/c16-13-2-1-3-14(12(13)6-7-15(18)19)17-8-10-4-5-11(9-17)20-10/h1-3,6-7,10-11H,4-5,8-9H2,(H,18,19)/b7-6+. The van der Waals surface area contributed by atoms with Crippen molar-refractivity contribution in [3.63, 3.8) is 0 Å². The van der Waals surface area contributed by atoms with Crippen molar-refractivity contribution in [1.29, 1.82) is 0 Å². The molecule has 106 valence electrons. The number of nitrogens with zero attached hydrogens (tertiary/aromatic N) is 1. The number of ether oxygens (including phenoxy) is 1. The van der Waals surface area contributed by atoms with E-state index < -0.39 is 11.8 Å². The van der Waals surface area contributed by atoms with E-state index in [0.29, 0.717) is 5.56 Å². The molecule has 2 aliphatic rings. The first-order valence-corrected chi connectivity index (χ1v) is 6.73. The number of morpholine rings is 1. The van der Waals surface area contributed by atoms with Crippen LogP contribution in [0.2, 0.25) is 0 Å². The molecule has 20 heavy (non-hydrogen) atoms. The summed E-state index contributed by atoms with van der Waals surface area (Å²) in [5, 5.41) is 8.72. The summed E-state index contributed by atoms with van der Waals surface area (Å²) in [4.78, 5) is 12.7. The summed E-state index contributed by atoms with van der Waals surface area (Å²) >= 11 is 0. The molecule has 2 heterocycles. The number of hydrogen-bond donors (Lipinski definition) is 1. The van der Waals surface area contributed by atoms with Gasteiger partial charge < -0.3 is 14.7 Å². The molecule has 0 aromatic heterocycles. The van der Waals surface area contributed by atoms with Gasteiger partial charge in [0.05, 0.1) is 12.2 Å². The largest absolute Gasteiger partial charge is 0.478 e. The van der Waals surface area contributed by atoms with Gasteiger partial charge in [-0.1, -0.05) is 6.07 Å². The topological polar surface area (TPSA) is 49.8 Å². The third-order valence-corrected chi connectivity index (χ3v) is 3.81. The van der Waals surface area contributed by atoms with E-state index in [9.17, 15) is 9.18 Å². The van der Waals surface area contributed by atoms with Gasteiger partial charge in [-0.25, -0.2) is 9.18 Å². The third kappa shape index (κ3) is 2.54. The fourth-order valence-corrected chi connectivity index (χ4v) is 2.93. The molecule has 3 rings (SSSR count). The minimum Gasteiger partial charge on any atom is -0.478 e. The Kier molecular flexibility index (Phi) is 3.44. The van der Waals surface area contributed by atoms with E-state index in [1.807, 2.05) is 6.07 Å². The Morgan fingerprint density at radius 1 is 1.35 bits per heavy atom. The first-order valence-electron chi connectivity index (χ1n) is 6.73. The Hall–Kier alpha value is -1.88. The van der Waals surface area contributed by atoms with Gasteiger partial charge in [-0.05, 0) is 31.1 Å². The molecule has 1 aromatic carbocycles. The molecule has 2 atom stereocenters. The molecule has 5 heteroatoms. The molecular formula is C15H16FNO3. The van der Waals surface area contributed by atoms with Crippen molar-refractivity contribution >= 4 is 17.7 Å². The zero-order valence-corrected chi connectivity index (χ0v) is 11.0. The number of rotatable bonds is 3. The van der Waals surface area contributed by atoms with Crippen molar-refractivity contribution in [1.82, 2.24) is 0 Å². The number of anilines is 1. The summed E-state index contributed by atoms with van der Waals surface area (Å²) < 4.78 is 19.7. The van der Waals surface area contributed by atoms with E-state index in [1.54, 1.807) is 6.07 Å². The number of carbonyl (C=O) groups is 1. The van der Waals surface area contributed by atoms with Gasteiger partial charge in [-0.3, -0.25) is 0 Å². The highest BCUT2D eigenvalue weighted by Crippen LogP contribution is 2.32. The number of carboxylic acids is 1. The molecule has 2 saturated heterocycles.